The second-order valence-electron chi connectivity index (χ2n) is 8.35. The zero-order valence-corrected chi connectivity index (χ0v) is 16.8. The molecule has 0 aliphatic carbocycles. The van der Waals surface area contributed by atoms with Crippen LogP contribution in [-0.2, 0) is 21.6 Å². The fourth-order valence-corrected chi connectivity index (χ4v) is 4.89. The van der Waals surface area contributed by atoms with Gasteiger partial charge >= 0.3 is 0 Å². The lowest BCUT2D eigenvalue weighted by Gasteiger charge is -2.44. The van der Waals surface area contributed by atoms with Crippen LogP contribution in [0, 0.1) is 0 Å². The Morgan fingerprint density at radius 3 is 2.76 bits per heavy atom. The predicted molar refractivity (Wildman–Crippen MR) is 110 cm³/mol. The van der Waals surface area contributed by atoms with Gasteiger partial charge in [-0.2, -0.15) is 0 Å². The molecule has 0 saturated carbocycles. The molecule has 0 bridgehead atoms. The highest BCUT2D eigenvalue weighted by Gasteiger charge is 2.44. The van der Waals surface area contributed by atoms with Gasteiger partial charge in [0.15, 0.2) is 5.82 Å². The summed E-state index contributed by atoms with van der Waals surface area (Å²) in [6, 6.07) is 10.1. The number of piperidine rings is 2. The average molecular weight is 393 g/mol. The van der Waals surface area contributed by atoms with Crippen molar-refractivity contribution >= 4 is 5.91 Å². The lowest BCUT2D eigenvalue weighted by molar-refractivity contribution is -0.143. The van der Waals surface area contributed by atoms with Gasteiger partial charge in [0.25, 0.3) is 0 Å². The average Bonchev–Trinajstić information content (AvgIpc) is 2.80. The highest BCUT2D eigenvalue weighted by molar-refractivity contribution is 5.82. The summed E-state index contributed by atoms with van der Waals surface area (Å²) in [6.07, 6.45) is 7.66. The third-order valence-corrected chi connectivity index (χ3v) is 6.57. The number of hydrogen-bond donors (Lipinski definition) is 1. The van der Waals surface area contributed by atoms with Gasteiger partial charge in [0.1, 0.15) is 5.60 Å². The molecule has 1 amide bonds. The Morgan fingerprint density at radius 2 is 2.00 bits per heavy atom. The Morgan fingerprint density at radius 1 is 1.17 bits per heavy atom. The molecule has 3 aliphatic heterocycles. The first kappa shape index (κ1) is 18.7. The molecule has 3 aliphatic rings. The molecule has 2 fully saturated rings. The summed E-state index contributed by atoms with van der Waals surface area (Å²) in [6.45, 7) is 3.09. The lowest BCUT2D eigenvalue weighted by atomic mass is 9.83. The van der Waals surface area contributed by atoms with Crippen LogP contribution < -0.4 is 5.32 Å². The molecule has 5 rings (SSSR count). The van der Waals surface area contributed by atoms with Gasteiger partial charge in [0.05, 0.1) is 18.3 Å². The number of hydrogen-bond acceptors (Lipinski definition) is 5. The molecule has 2 aromatic rings. The predicted octanol–water partition coefficient (Wildman–Crippen LogP) is 2.68. The number of nitrogens with one attached hydrogen (secondary N) is 1. The topological polar surface area (TPSA) is 67.4 Å². The Kier molecular flexibility index (Phi) is 5.06. The van der Waals surface area contributed by atoms with Crippen LogP contribution >= 0.6 is 0 Å². The van der Waals surface area contributed by atoms with Crippen molar-refractivity contribution in [1.29, 1.82) is 0 Å². The van der Waals surface area contributed by atoms with Crippen molar-refractivity contribution in [3.63, 3.8) is 0 Å². The van der Waals surface area contributed by atoms with Crippen LogP contribution in [-0.4, -0.2) is 53.1 Å². The largest absolute Gasteiger partial charge is 0.368 e. The maximum atomic E-state index is 12.9. The summed E-state index contributed by atoms with van der Waals surface area (Å²) >= 11 is 0. The number of aromatic nitrogens is 2. The minimum absolute atomic E-state index is 0.00984. The molecule has 1 spiro atoms. The Balaban J connectivity index is 1.37. The number of ether oxygens (including phenoxy) is 1. The fraction of sp³-hybridized carbons (Fsp3) is 0.522. The van der Waals surface area contributed by atoms with Crippen LogP contribution in [0.1, 0.15) is 43.4 Å². The first-order valence-electron chi connectivity index (χ1n) is 10.8. The number of carbonyl (C=O) groups is 1. The monoisotopic (exact) mass is 392 g/mol. The van der Waals surface area contributed by atoms with Crippen LogP contribution in [0.3, 0.4) is 0 Å². The lowest BCUT2D eigenvalue weighted by Crippen LogP contribution is -2.54. The molecule has 6 heteroatoms. The highest BCUT2D eigenvalue weighted by Crippen LogP contribution is 2.41. The fourth-order valence-electron chi connectivity index (χ4n) is 4.89. The Bertz CT molecular complexity index is 872. The summed E-state index contributed by atoms with van der Waals surface area (Å²) in [5, 5.41) is 3.39. The smallest absolute Gasteiger partial charge is 0.239 e. The van der Waals surface area contributed by atoms with Gasteiger partial charge in [-0.3, -0.25) is 4.79 Å². The van der Waals surface area contributed by atoms with Gasteiger partial charge in [-0.15, -0.1) is 0 Å². The van der Waals surface area contributed by atoms with E-state index >= 15 is 0 Å². The van der Waals surface area contributed by atoms with Crippen molar-refractivity contribution in [1.82, 2.24) is 20.2 Å². The maximum absolute atomic E-state index is 12.9. The number of benzene rings is 1. The SMILES string of the molecule is O=C([C@H]1CCCCN1)N1CCC2(CC1)OCCc1cnc(-c3ccccc3)nc12. The molecule has 4 heterocycles. The molecule has 1 N–H and O–H groups in total. The van der Waals surface area contributed by atoms with Crippen LogP contribution in [0.2, 0.25) is 0 Å². The van der Waals surface area contributed by atoms with E-state index in [9.17, 15) is 4.79 Å². The van der Waals surface area contributed by atoms with Gasteiger partial charge in [-0.25, -0.2) is 9.97 Å². The van der Waals surface area contributed by atoms with E-state index in [0.717, 1.165) is 68.8 Å². The van der Waals surface area contributed by atoms with E-state index in [1.807, 2.05) is 41.4 Å². The van der Waals surface area contributed by atoms with Crippen LogP contribution in [0.25, 0.3) is 11.4 Å². The molecular weight excluding hydrogens is 364 g/mol. The zero-order valence-electron chi connectivity index (χ0n) is 16.8. The van der Waals surface area contributed by atoms with E-state index in [-0.39, 0.29) is 11.9 Å². The van der Waals surface area contributed by atoms with Crippen LogP contribution in [0.4, 0.5) is 0 Å². The maximum Gasteiger partial charge on any atom is 0.239 e. The summed E-state index contributed by atoms with van der Waals surface area (Å²) in [5.41, 5.74) is 2.84. The molecule has 0 unspecified atom stereocenters. The van der Waals surface area contributed by atoms with Crippen molar-refractivity contribution in [3.8, 4) is 11.4 Å². The van der Waals surface area contributed by atoms with Gasteiger partial charge < -0.3 is 15.0 Å². The third-order valence-electron chi connectivity index (χ3n) is 6.57. The number of carbonyl (C=O) groups excluding carboxylic acids is 1. The molecule has 152 valence electrons. The third kappa shape index (κ3) is 3.55. The number of nitrogens with zero attached hydrogens (tertiary/aromatic N) is 3. The Hall–Kier alpha value is -2.31. The molecule has 1 atom stereocenters. The normalized spacial score (nSPS) is 23.6. The molecular formula is C23H28N4O2. The van der Waals surface area contributed by atoms with Crippen molar-refractivity contribution in [2.45, 2.75) is 50.2 Å². The van der Waals surface area contributed by atoms with Gasteiger partial charge in [-0.05, 0) is 44.2 Å². The van der Waals surface area contributed by atoms with Gasteiger partial charge in [0, 0.05) is 24.8 Å². The molecule has 2 saturated heterocycles. The Labute approximate surface area is 171 Å². The molecule has 0 radical (unpaired) electrons. The van der Waals surface area contributed by atoms with Crippen molar-refractivity contribution in [2.24, 2.45) is 0 Å². The molecule has 1 aromatic heterocycles. The summed E-state index contributed by atoms with van der Waals surface area (Å²) in [5.74, 6) is 1.00. The van der Waals surface area contributed by atoms with Crippen molar-refractivity contribution in [2.75, 3.05) is 26.2 Å². The number of amides is 1. The minimum atomic E-state index is -0.392. The minimum Gasteiger partial charge on any atom is -0.368 e. The van der Waals surface area contributed by atoms with E-state index in [4.69, 9.17) is 9.72 Å². The van der Waals surface area contributed by atoms with Gasteiger partial charge in [0.2, 0.25) is 5.91 Å². The summed E-state index contributed by atoms with van der Waals surface area (Å²) < 4.78 is 6.35. The van der Waals surface area contributed by atoms with Crippen LogP contribution in [0.5, 0.6) is 0 Å². The summed E-state index contributed by atoms with van der Waals surface area (Å²) in [7, 11) is 0. The first-order valence-corrected chi connectivity index (χ1v) is 10.8. The standard InChI is InChI=1S/C23H28N4O2/c28-22(19-8-4-5-12-24-19)27-13-10-23(11-14-27)20-18(9-15-29-23)16-25-21(26-20)17-6-2-1-3-7-17/h1-3,6-7,16,19,24H,4-5,8-15H2/t19-/m1/s1. The van der Waals surface area contributed by atoms with E-state index in [1.165, 1.54) is 12.0 Å². The molecule has 6 nitrogen and oxygen atoms in total. The molecule has 1 aromatic carbocycles. The molecule has 29 heavy (non-hydrogen) atoms. The summed E-state index contributed by atoms with van der Waals surface area (Å²) in [4.78, 5) is 24.5. The van der Waals surface area contributed by atoms with Crippen molar-refractivity contribution in [3.05, 3.63) is 47.8 Å². The second-order valence-corrected chi connectivity index (χ2v) is 8.35. The van der Waals surface area contributed by atoms with E-state index in [0.29, 0.717) is 6.61 Å². The van der Waals surface area contributed by atoms with E-state index in [2.05, 4.69) is 10.3 Å². The highest BCUT2D eigenvalue weighted by atomic mass is 16.5. The quantitative estimate of drug-likeness (QED) is 0.851. The van der Waals surface area contributed by atoms with E-state index < -0.39 is 5.60 Å². The number of likely N-dealkylation sites (tertiary alicyclic amines) is 1. The number of rotatable bonds is 2. The van der Waals surface area contributed by atoms with Crippen molar-refractivity contribution < 1.29 is 9.53 Å². The van der Waals surface area contributed by atoms with Crippen LogP contribution in [0.15, 0.2) is 36.5 Å². The zero-order chi connectivity index (χ0) is 19.7. The second kappa shape index (κ2) is 7.84. The van der Waals surface area contributed by atoms with E-state index in [1.54, 1.807) is 0 Å². The first-order chi connectivity index (χ1) is 14.3. The van der Waals surface area contributed by atoms with Gasteiger partial charge in [-0.1, -0.05) is 36.8 Å². The number of fused-ring (bicyclic) bond motifs is 2.